The van der Waals surface area contributed by atoms with Crippen LogP contribution in [0.25, 0.3) is 0 Å². The summed E-state index contributed by atoms with van der Waals surface area (Å²) in [5, 5.41) is 20.8. The average Bonchev–Trinajstić information content (AvgIpc) is 2.54. The third kappa shape index (κ3) is 5.01. The Morgan fingerprint density at radius 3 is 1.76 bits per heavy atom. The van der Waals surface area contributed by atoms with Crippen LogP contribution < -0.4 is 0 Å². The summed E-state index contributed by atoms with van der Waals surface area (Å²) in [4.78, 5) is 11.9. The van der Waals surface area contributed by atoms with Gasteiger partial charge in [-0.2, -0.15) is 0 Å². The van der Waals surface area contributed by atoms with Gasteiger partial charge in [-0.05, 0) is 59.4 Å². The monoisotopic (exact) mass is 396 g/mol. The molecular formula is C26H36O3. The summed E-state index contributed by atoms with van der Waals surface area (Å²) in [6.07, 6.45) is 0.508. The highest BCUT2D eigenvalue weighted by atomic mass is 16.4. The minimum Gasteiger partial charge on any atom is -0.507 e. The van der Waals surface area contributed by atoms with Gasteiger partial charge in [0, 0.05) is 6.42 Å². The topological polar surface area (TPSA) is 57.5 Å². The number of carbonyl (C=O) groups is 1. The maximum absolute atomic E-state index is 11.9. The molecule has 0 spiro atoms. The van der Waals surface area contributed by atoms with Gasteiger partial charge in [-0.25, -0.2) is 0 Å². The van der Waals surface area contributed by atoms with Crippen LogP contribution in [0, 0.1) is 13.8 Å². The molecule has 0 aliphatic rings. The Labute approximate surface area is 175 Å². The van der Waals surface area contributed by atoms with Gasteiger partial charge in [0.15, 0.2) is 0 Å². The Hall–Kier alpha value is -2.29. The number of phenols is 1. The maximum atomic E-state index is 11.9. The van der Waals surface area contributed by atoms with E-state index in [-0.39, 0.29) is 10.8 Å². The Balaban J connectivity index is 2.76. The second-order valence-corrected chi connectivity index (χ2v) is 10.4. The summed E-state index contributed by atoms with van der Waals surface area (Å²) in [5.74, 6) is -1.13. The van der Waals surface area contributed by atoms with Gasteiger partial charge in [-0.15, -0.1) is 0 Å². The van der Waals surface area contributed by atoms with E-state index in [0.29, 0.717) is 12.2 Å². The molecule has 0 amide bonds. The van der Waals surface area contributed by atoms with Crippen molar-refractivity contribution in [1.82, 2.24) is 0 Å². The second-order valence-electron chi connectivity index (χ2n) is 10.4. The SMILES string of the molecule is Cc1cc(Cc2cc(C)cc(C(C)(C)C)c2C(C)C(=O)O)c(O)c(C(C)(C)C)c1. The number of benzene rings is 2. The Morgan fingerprint density at radius 2 is 1.31 bits per heavy atom. The number of aromatic hydroxyl groups is 1. The predicted molar refractivity (Wildman–Crippen MR) is 120 cm³/mol. The lowest BCUT2D eigenvalue weighted by Crippen LogP contribution is -2.21. The van der Waals surface area contributed by atoms with Crippen LogP contribution in [0.2, 0.25) is 0 Å². The molecule has 0 saturated heterocycles. The molecule has 0 aromatic heterocycles. The molecule has 0 radical (unpaired) electrons. The molecule has 158 valence electrons. The highest BCUT2D eigenvalue weighted by molar-refractivity contribution is 5.77. The fraction of sp³-hybridized carbons (Fsp3) is 0.500. The van der Waals surface area contributed by atoms with Crippen molar-refractivity contribution in [3.8, 4) is 5.75 Å². The van der Waals surface area contributed by atoms with E-state index < -0.39 is 11.9 Å². The fourth-order valence-electron chi connectivity index (χ4n) is 4.04. The van der Waals surface area contributed by atoms with Crippen LogP contribution in [0.1, 0.15) is 93.3 Å². The number of aryl methyl sites for hydroxylation is 2. The van der Waals surface area contributed by atoms with Crippen LogP contribution in [-0.4, -0.2) is 16.2 Å². The second kappa shape index (κ2) is 7.85. The van der Waals surface area contributed by atoms with E-state index in [9.17, 15) is 15.0 Å². The van der Waals surface area contributed by atoms with Crippen molar-refractivity contribution in [2.24, 2.45) is 0 Å². The number of hydrogen-bond donors (Lipinski definition) is 2. The average molecular weight is 397 g/mol. The number of phenolic OH excluding ortho intramolecular Hbond substituents is 1. The third-order valence-corrected chi connectivity index (χ3v) is 5.54. The number of carboxylic acids is 1. The van der Waals surface area contributed by atoms with Crippen molar-refractivity contribution in [3.05, 3.63) is 63.2 Å². The molecule has 2 aromatic carbocycles. The van der Waals surface area contributed by atoms with Gasteiger partial charge < -0.3 is 10.2 Å². The van der Waals surface area contributed by atoms with E-state index in [1.165, 1.54) is 0 Å². The van der Waals surface area contributed by atoms with Crippen molar-refractivity contribution >= 4 is 5.97 Å². The first-order valence-electron chi connectivity index (χ1n) is 10.3. The molecule has 0 heterocycles. The third-order valence-electron chi connectivity index (χ3n) is 5.54. The fourth-order valence-corrected chi connectivity index (χ4v) is 4.04. The zero-order valence-electron chi connectivity index (χ0n) is 19.4. The molecule has 1 unspecified atom stereocenters. The Morgan fingerprint density at radius 1 is 0.862 bits per heavy atom. The maximum Gasteiger partial charge on any atom is 0.310 e. The van der Waals surface area contributed by atoms with Crippen molar-refractivity contribution in [2.45, 2.75) is 85.5 Å². The van der Waals surface area contributed by atoms with E-state index in [1.54, 1.807) is 6.92 Å². The molecule has 0 aliphatic carbocycles. The van der Waals surface area contributed by atoms with E-state index in [0.717, 1.165) is 38.9 Å². The summed E-state index contributed by atoms with van der Waals surface area (Å²) in [7, 11) is 0. The van der Waals surface area contributed by atoms with Crippen LogP contribution >= 0.6 is 0 Å². The van der Waals surface area contributed by atoms with E-state index in [2.05, 4.69) is 53.7 Å². The Kier molecular flexibility index (Phi) is 6.23. The van der Waals surface area contributed by atoms with Crippen molar-refractivity contribution in [1.29, 1.82) is 0 Å². The summed E-state index contributed by atoms with van der Waals surface area (Å²) >= 11 is 0. The number of hydrogen-bond acceptors (Lipinski definition) is 2. The van der Waals surface area contributed by atoms with Gasteiger partial charge in [-0.1, -0.05) is 76.9 Å². The van der Waals surface area contributed by atoms with Crippen molar-refractivity contribution < 1.29 is 15.0 Å². The lowest BCUT2D eigenvalue weighted by atomic mass is 9.76. The standard InChI is InChI=1S/C26H36O3/c1-15-10-18(22(17(3)24(28)29)20(12-15)25(4,5)6)14-19-11-16(2)13-21(23(19)27)26(7,8)9/h10-13,17,27H,14H2,1-9H3,(H,28,29). The van der Waals surface area contributed by atoms with Gasteiger partial charge >= 0.3 is 5.97 Å². The first kappa shape index (κ1) is 23.0. The van der Waals surface area contributed by atoms with Gasteiger partial charge in [0.05, 0.1) is 5.92 Å². The summed E-state index contributed by atoms with van der Waals surface area (Å²) in [6.45, 7) is 18.5. The molecule has 1 atom stereocenters. The molecule has 0 aliphatic heterocycles. The minimum atomic E-state index is -0.829. The van der Waals surface area contributed by atoms with Crippen LogP contribution in [0.4, 0.5) is 0 Å². The molecule has 3 heteroatoms. The van der Waals surface area contributed by atoms with E-state index in [1.807, 2.05) is 26.0 Å². The highest BCUT2D eigenvalue weighted by Gasteiger charge is 2.28. The lowest BCUT2D eigenvalue weighted by Gasteiger charge is -2.28. The van der Waals surface area contributed by atoms with Crippen molar-refractivity contribution in [3.63, 3.8) is 0 Å². The number of carboxylic acid groups (broad SMARTS) is 1. The highest BCUT2D eigenvalue weighted by Crippen LogP contribution is 2.39. The molecule has 29 heavy (non-hydrogen) atoms. The van der Waals surface area contributed by atoms with Crippen LogP contribution in [0.5, 0.6) is 5.75 Å². The summed E-state index contributed by atoms with van der Waals surface area (Å²) in [5.41, 5.74) is 6.53. The minimum absolute atomic E-state index is 0.175. The molecule has 0 bridgehead atoms. The summed E-state index contributed by atoms with van der Waals surface area (Å²) < 4.78 is 0. The first-order chi connectivity index (χ1) is 13.1. The number of aliphatic carboxylic acids is 1. The molecule has 2 aromatic rings. The van der Waals surface area contributed by atoms with Gasteiger partial charge in [0.1, 0.15) is 5.75 Å². The molecular weight excluding hydrogens is 360 g/mol. The molecule has 3 nitrogen and oxygen atoms in total. The molecule has 2 N–H and O–H groups in total. The normalized spacial score (nSPS) is 13.4. The number of rotatable bonds is 4. The summed E-state index contributed by atoms with van der Waals surface area (Å²) in [6, 6.07) is 8.23. The molecule has 0 fully saturated rings. The van der Waals surface area contributed by atoms with Crippen LogP contribution in [0.15, 0.2) is 24.3 Å². The van der Waals surface area contributed by atoms with Crippen LogP contribution in [-0.2, 0) is 22.0 Å². The van der Waals surface area contributed by atoms with E-state index in [4.69, 9.17) is 0 Å². The van der Waals surface area contributed by atoms with E-state index >= 15 is 0 Å². The molecule has 2 rings (SSSR count). The first-order valence-corrected chi connectivity index (χ1v) is 10.3. The zero-order valence-corrected chi connectivity index (χ0v) is 19.4. The largest absolute Gasteiger partial charge is 0.507 e. The van der Waals surface area contributed by atoms with Crippen molar-refractivity contribution in [2.75, 3.05) is 0 Å². The van der Waals surface area contributed by atoms with Crippen LogP contribution in [0.3, 0.4) is 0 Å². The van der Waals surface area contributed by atoms with Gasteiger partial charge in [0.25, 0.3) is 0 Å². The Bertz CT molecular complexity index is 924. The predicted octanol–water partition coefficient (Wildman–Crippen LogP) is 6.38. The zero-order chi connectivity index (χ0) is 22.3. The van der Waals surface area contributed by atoms with Gasteiger partial charge in [-0.3, -0.25) is 4.79 Å². The lowest BCUT2D eigenvalue weighted by molar-refractivity contribution is -0.138. The smallest absolute Gasteiger partial charge is 0.310 e. The molecule has 0 saturated carbocycles. The quantitative estimate of drug-likeness (QED) is 0.630. The van der Waals surface area contributed by atoms with Gasteiger partial charge in [0.2, 0.25) is 0 Å².